The number of ether oxygens (including phenoxy) is 1. The maximum atomic E-state index is 12.0. The van der Waals surface area contributed by atoms with Crippen molar-refractivity contribution in [3.8, 4) is 0 Å². The second-order valence-corrected chi connectivity index (χ2v) is 41.2. The number of allylic oxidation sites excluding steroid dienone is 1. The maximum absolute atomic E-state index is 12.0. The standard InChI is InChI=1S/C14H27NO2.C12H23N3O3S.C12H22N2O3S.C11H20N2O4S.C10H21NO3S.C8H17NO/c1-13(2,3)11-7-9-15(10-8-11)12(16)17-14(4,5)6;1-9-14-11(8-15(9)5)19(17,18)13-7-10(16)6-12(2,3)4;1-9-5-6-11(14-9)18(16,17)13-8-10(15)7-12(2,3)4;1-8-10(7-12-17-8)18(15,16)13-6-9(14)5-11(2,3)4;1-10(2,3)6-8(12)7-11-15(13,14)9-4-5-9;1-8(2,3)6-7(10)9(4)5/h11H,7-10H2,1-6H3;8,10,13,16H,6-7H2,1-5H3;6,10,13,15H,5,7-8H2,1-4H3;7,9,13-14H,5-6H2,1-4H3;8-9,11-12H,4-7H2,1-3H3;6H2,1-5H3. The third kappa shape index (κ3) is 42.8. The van der Waals surface area contributed by atoms with Crippen LogP contribution in [-0.2, 0) is 56.7 Å². The summed E-state index contributed by atoms with van der Waals surface area (Å²) in [6.45, 7) is 49.6. The predicted octanol–water partition coefficient (Wildman–Crippen LogP) is 9.33. The quantitative estimate of drug-likeness (QED) is 0.0577. The van der Waals surface area contributed by atoms with Crippen LogP contribution >= 0.6 is 0 Å². The summed E-state index contributed by atoms with van der Waals surface area (Å²) in [5.74, 6) is 1.76. The van der Waals surface area contributed by atoms with Crippen LogP contribution in [0.5, 0.6) is 0 Å². The Morgan fingerprint density at radius 2 is 1.01 bits per heavy atom. The molecule has 8 N–H and O–H groups in total. The minimum absolute atomic E-state index is 0.00474. The zero-order chi connectivity index (χ0) is 76.1. The number of aryl methyl sites for hydroxylation is 3. The number of likely N-dealkylation sites (tertiary alicyclic amines) is 1. The fourth-order valence-corrected chi connectivity index (χ4v) is 14.3. The molecule has 97 heavy (non-hydrogen) atoms. The van der Waals surface area contributed by atoms with Crippen LogP contribution < -0.4 is 18.9 Å². The van der Waals surface area contributed by atoms with Crippen LogP contribution in [0.25, 0.3) is 0 Å². The Balaban J connectivity index is 0.00000115. The van der Waals surface area contributed by atoms with Crippen molar-refractivity contribution in [2.45, 2.75) is 276 Å². The van der Waals surface area contributed by atoms with Crippen LogP contribution in [0.3, 0.4) is 0 Å². The van der Waals surface area contributed by atoms with Gasteiger partial charge in [-0.15, -0.1) is 0 Å². The molecule has 0 radical (unpaired) electrons. The minimum atomic E-state index is -3.66. The van der Waals surface area contributed by atoms with Crippen molar-refractivity contribution in [3.63, 3.8) is 0 Å². The van der Waals surface area contributed by atoms with E-state index in [2.05, 4.69) is 75.6 Å². The molecule has 2 aliphatic heterocycles. The van der Waals surface area contributed by atoms with Crippen LogP contribution in [0.4, 0.5) is 4.79 Å². The first-order valence-corrected chi connectivity index (χ1v) is 39.4. The van der Waals surface area contributed by atoms with Crippen LogP contribution in [0, 0.1) is 52.3 Å². The Morgan fingerprint density at radius 1 is 0.608 bits per heavy atom. The summed E-state index contributed by atoms with van der Waals surface area (Å²) in [6, 6.07) is 0. The van der Waals surface area contributed by atoms with Gasteiger partial charge in [-0.05, 0) is 137 Å². The van der Waals surface area contributed by atoms with Gasteiger partial charge in [-0.3, -0.25) is 4.79 Å². The zero-order valence-electron chi connectivity index (χ0n) is 64.0. The molecular formula is C67H130N10O16S4. The number of sulfonamides is 4. The first kappa shape index (κ1) is 93.0. The van der Waals surface area contributed by atoms with E-state index in [0.29, 0.717) is 55.7 Å². The number of nitrogens with zero attached hydrogens (tertiary/aromatic N) is 6. The van der Waals surface area contributed by atoms with E-state index in [1.165, 1.54) is 13.1 Å². The van der Waals surface area contributed by atoms with Crippen molar-refractivity contribution in [2.24, 2.45) is 50.4 Å². The lowest BCUT2D eigenvalue weighted by atomic mass is 9.75. The van der Waals surface area contributed by atoms with Gasteiger partial charge >= 0.3 is 6.09 Å². The molecule has 2 fully saturated rings. The summed E-state index contributed by atoms with van der Waals surface area (Å²) >= 11 is 0. The van der Waals surface area contributed by atoms with Crippen LogP contribution in [0.2, 0.25) is 0 Å². The van der Waals surface area contributed by atoms with Gasteiger partial charge in [0.1, 0.15) is 16.3 Å². The number of aliphatic hydroxyl groups excluding tert-OH is 4. The molecule has 0 bridgehead atoms. The third-order valence-electron chi connectivity index (χ3n) is 14.5. The number of hydrogen-bond acceptors (Lipinski definition) is 19. The molecule has 3 aliphatic rings. The SMILES string of the molecule is CC(C)(C)CC(O)CNS(=O)(=O)C1CC1.CC(C)(C)OC(=O)N1CCC(C(C)(C)C)CC1.CC1=NC(S(=O)(=O)NCC(O)CC(C)(C)C)=CC1.CN(C)C(=O)CC(C)(C)C.Cc1nc(S(=O)(=O)NCC(O)CC(C)(C)C)cn1C.Cc1oncc1S(=O)(=O)NCC(O)CC(C)(C)C. The highest BCUT2D eigenvalue weighted by molar-refractivity contribution is 7.93. The van der Waals surface area contributed by atoms with Crippen LogP contribution in [0.15, 0.2) is 42.9 Å². The highest BCUT2D eigenvalue weighted by atomic mass is 32.2. The number of hydrogen-bond donors (Lipinski definition) is 8. The third-order valence-corrected chi connectivity index (χ3v) is 20.5. The van der Waals surface area contributed by atoms with Gasteiger partial charge in [0.2, 0.25) is 26.0 Å². The van der Waals surface area contributed by atoms with Crippen molar-refractivity contribution < 1.29 is 72.9 Å². The maximum Gasteiger partial charge on any atom is 0.410 e. The number of aromatic nitrogens is 3. The topological polar surface area (TPSA) is 372 Å². The van der Waals surface area contributed by atoms with Crippen molar-refractivity contribution in [3.05, 3.63) is 35.1 Å². The summed E-state index contributed by atoms with van der Waals surface area (Å²) in [4.78, 5) is 34.4. The second kappa shape index (κ2) is 38.4. The van der Waals surface area contributed by atoms with Gasteiger partial charge in [-0.25, -0.2) is 67.3 Å². The molecule has 1 saturated heterocycles. The van der Waals surface area contributed by atoms with E-state index in [0.717, 1.165) is 50.7 Å². The Morgan fingerprint density at radius 3 is 1.31 bits per heavy atom. The molecule has 2 aromatic heterocycles. The van der Waals surface area contributed by atoms with Gasteiger partial charge in [0.15, 0.2) is 15.8 Å². The Hall–Kier alpha value is -3.95. The predicted molar refractivity (Wildman–Crippen MR) is 385 cm³/mol. The monoisotopic (exact) mass is 1460 g/mol. The van der Waals surface area contributed by atoms with Crippen LogP contribution in [-0.4, -0.2) is 185 Å². The first-order valence-electron chi connectivity index (χ1n) is 33.4. The molecule has 2 aromatic rings. The number of carbonyl (C=O) groups is 2. The molecule has 5 rings (SSSR count). The molecule has 2 amide bonds. The van der Waals surface area contributed by atoms with Crippen LogP contribution in [0.1, 0.15) is 228 Å². The van der Waals surface area contributed by atoms with E-state index in [9.17, 15) is 63.7 Å². The van der Waals surface area contributed by atoms with Gasteiger partial charge in [-0.1, -0.05) is 130 Å². The Labute approximate surface area is 585 Å². The van der Waals surface area contributed by atoms with Crippen molar-refractivity contribution in [1.29, 1.82) is 0 Å². The van der Waals surface area contributed by atoms with E-state index < -0.39 is 70.1 Å². The van der Waals surface area contributed by atoms with Crippen molar-refractivity contribution in [2.75, 3.05) is 53.4 Å². The number of amides is 2. The number of nitrogens with one attached hydrogen (secondary N) is 4. The molecule has 30 heteroatoms. The van der Waals surface area contributed by atoms with Gasteiger partial charge in [0.05, 0.1) is 35.9 Å². The number of carbonyl (C=O) groups excluding carboxylic acids is 2. The van der Waals surface area contributed by atoms with Gasteiger partial charge in [0.25, 0.3) is 20.0 Å². The fourth-order valence-electron chi connectivity index (χ4n) is 9.42. The summed E-state index contributed by atoms with van der Waals surface area (Å²) in [5, 5.41) is 42.2. The highest BCUT2D eigenvalue weighted by Crippen LogP contribution is 2.35. The van der Waals surface area contributed by atoms with Gasteiger partial charge < -0.3 is 44.1 Å². The van der Waals surface area contributed by atoms with Crippen molar-refractivity contribution in [1.82, 2.24) is 43.4 Å². The van der Waals surface area contributed by atoms with E-state index >= 15 is 0 Å². The zero-order valence-corrected chi connectivity index (χ0v) is 67.3. The number of imidazole rings is 1. The van der Waals surface area contributed by atoms with Gasteiger partial charge in [0, 0.05) is 85.2 Å². The molecule has 4 heterocycles. The summed E-state index contributed by atoms with van der Waals surface area (Å²) in [7, 11) is -8.74. The number of aliphatic hydroxyl groups is 4. The molecule has 4 unspecified atom stereocenters. The summed E-state index contributed by atoms with van der Waals surface area (Å²) in [6.07, 6.45) is 8.35. The number of piperidine rings is 1. The lowest BCUT2D eigenvalue weighted by Crippen LogP contribution is -2.43. The lowest BCUT2D eigenvalue weighted by Gasteiger charge is -2.39. The Kier molecular flexibility index (Phi) is 36.8. The molecule has 26 nitrogen and oxygen atoms in total. The summed E-state index contributed by atoms with van der Waals surface area (Å²) in [5.41, 5.74) is 0.728. The fraction of sp³-hybridized carbons (Fsp3) is 0.836. The highest BCUT2D eigenvalue weighted by Gasteiger charge is 2.36. The molecule has 0 aromatic carbocycles. The molecule has 568 valence electrons. The van der Waals surface area contributed by atoms with E-state index in [-0.39, 0.29) is 91.2 Å². The molecule has 1 saturated carbocycles. The second-order valence-electron chi connectivity index (χ2n) is 34.0. The smallest absolute Gasteiger partial charge is 0.410 e. The lowest BCUT2D eigenvalue weighted by molar-refractivity contribution is -0.130. The summed E-state index contributed by atoms with van der Waals surface area (Å²) < 4.78 is 116. The van der Waals surface area contributed by atoms with Crippen molar-refractivity contribution >= 4 is 57.8 Å². The average Bonchev–Trinajstić information content (AvgIpc) is 1.76. The molecule has 4 atom stereocenters. The Bertz CT molecular complexity index is 3230. The molecular weight excluding hydrogens is 1330 g/mol. The molecule has 1 aliphatic carbocycles. The molecule has 0 spiro atoms. The normalized spacial score (nSPS) is 16.7. The first-order chi connectivity index (χ1) is 43.4. The van der Waals surface area contributed by atoms with E-state index in [1.54, 1.807) is 50.5 Å². The van der Waals surface area contributed by atoms with E-state index in [4.69, 9.17) is 9.26 Å². The average molecular weight is 1460 g/mol. The minimum Gasteiger partial charge on any atom is -0.444 e. The van der Waals surface area contributed by atoms with Gasteiger partial charge in [-0.2, -0.15) is 0 Å². The number of aliphatic imine (C=N–C) groups is 1. The number of rotatable bonds is 21. The largest absolute Gasteiger partial charge is 0.444 e. The van der Waals surface area contributed by atoms with E-state index in [1.807, 2.05) is 109 Å².